The average molecular weight is 440 g/mol. The Morgan fingerprint density at radius 1 is 1.16 bits per heavy atom. The van der Waals surface area contributed by atoms with Crippen LogP contribution in [0.25, 0.3) is 10.2 Å². The summed E-state index contributed by atoms with van der Waals surface area (Å²) >= 11 is 4.80. The van der Waals surface area contributed by atoms with Gasteiger partial charge in [-0.3, -0.25) is 10.1 Å². The minimum absolute atomic E-state index is 0.137. The van der Waals surface area contributed by atoms with Crippen LogP contribution in [-0.2, 0) is 10.0 Å². The number of anilines is 1. The Balaban J connectivity index is 1.82. The second-order valence-electron chi connectivity index (χ2n) is 5.37. The smallest absolute Gasteiger partial charge is 0.257 e. The Bertz CT molecular complexity index is 1040. The molecule has 0 saturated heterocycles. The third-order valence-electron chi connectivity index (χ3n) is 3.49. The molecule has 130 valence electrons. The van der Waals surface area contributed by atoms with Crippen LogP contribution in [0.3, 0.4) is 0 Å². The van der Waals surface area contributed by atoms with Crippen molar-refractivity contribution in [2.75, 3.05) is 19.4 Å². The summed E-state index contributed by atoms with van der Waals surface area (Å²) in [4.78, 5) is 16.9. The molecular formula is C16H14BrN3O3S2. The Hall–Kier alpha value is -1.81. The number of rotatable bonds is 4. The zero-order valence-electron chi connectivity index (χ0n) is 13.4. The standard InChI is InChI=1S/C16H14BrN3O3S2/c1-20(2)25(22,23)11-8-6-10(7-9-11)15(21)19-16-18-14-12(17)4-3-5-13(14)24-16/h3-9H,1-2H3,(H,18,19,21). The number of sulfonamides is 1. The minimum Gasteiger partial charge on any atom is -0.298 e. The molecule has 0 saturated carbocycles. The molecule has 1 amide bonds. The molecule has 1 aromatic heterocycles. The molecule has 0 bridgehead atoms. The van der Waals surface area contributed by atoms with Crippen molar-refractivity contribution in [2.24, 2.45) is 0 Å². The number of benzene rings is 2. The Kier molecular flexibility index (Phi) is 4.92. The van der Waals surface area contributed by atoms with Gasteiger partial charge in [-0.15, -0.1) is 0 Å². The monoisotopic (exact) mass is 439 g/mol. The summed E-state index contributed by atoms with van der Waals surface area (Å²) in [5.41, 5.74) is 1.14. The number of para-hydroxylation sites is 1. The number of amides is 1. The maximum Gasteiger partial charge on any atom is 0.257 e. The van der Waals surface area contributed by atoms with Gasteiger partial charge in [-0.2, -0.15) is 0 Å². The number of carbonyl (C=O) groups is 1. The van der Waals surface area contributed by atoms with E-state index < -0.39 is 10.0 Å². The summed E-state index contributed by atoms with van der Waals surface area (Å²) in [5, 5.41) is 3.23. The van der Waals surface area contributed by atoms with Crippen LogP contribution in [0.5, 0.6) is 0 Å². The van der Waals surface area contributed by atoms with Crippen LogP contribution in [0.15, 0.2) is 51.8 Å². The number of aromatic nitrogens is 1. The molecule has 0 radical (unpaired) electrons. The van der Waals surface area contributed by atoms with Gasteiger partial charge in [-0.1, -0.05) is 17.4 Å². The molecule has 1 N–H and O–H groups in total. The SMILES string of the molecule is CN(C)S(=O)(=O)c1ccc(C(=O)Nc2nc3c(Br)cccc3s2)cc1. The van der Waals surface area contributed by atoms with Crippen LogP contribution in [-0.4, -0.2) is 37.7 Å². The molecule has 6 nitrogen and oxygen atoms in total. The zero-order chi connectivity index (χ0) is 18.2. The highest BCUT2D eigenvalue weighted by Gasteiger charge is 2.18. The first-order valence-electron chi connectivity index (χ1n) is 7.18. The number of hydrogen-bond donors (Lipinski definition) is 1. The van der Waals surface area contributed by atoms with Crippen LogP contribution in [0, 0.1) is 0 Å². The third-order valence-corrected chi connectivity index (χ3v) is 6.89. The maximum absolute atomic E-state index is 12.4. The van der Waals surface area contributed by atoms with E-state index in [9.17, 15) is 13.2 Å². The first kappa shape index (κ1) is 18.0. The summed E-state index contributed by atoms with van der Waals surface area (Å²) in [5.74, 6) is -0.344. The molecule has 25 heavy (non-hydrogen) atoms. The summed E-state index contributed by atoms with van der Waals surface area (Å²) < 4.78 is 27.0. The lowest BCUT2D eigenvalue weighted by Gasteiger charge is -2.11. The Morgan fingerprint density at radius 2 is 1.84 bits per heavy atom. The van der Waals surface area contributed by atoms with Gasteiger partial charge in [0.05, 0.1) is 15.1 Å². The van der Waals surface area contributed by atoms with Crippen LogP contribution in [0.4, 0.5) is 5.13 Å². The summed E-state index contributed by atoms with van der Waals surface area (Å²) in [6.07, 6.45) is 0. The first-order valence-corrected chi connectivity index (χ1v) is 10.2. The fourth-order valence-electron chi connectivity index (χ4n) is 2.13. The molecule has 9 heteroatoms. The van der Waals surface area contributed by atoms with Crippen molar-refractivity contribution in [1.29, 1.82) is 0 Å². The quantitative estimate of drug-likeness (QED) is 0.673. The van der Waals surface area contributed by atoms with Crippen molar-refractivity contribution in [1.82, 2.24) is 9.29 Å². The van der Waals surface area contributed by atoms with E-state index in [0.717, 1.165) is 19.0 Å². The molecule has 0 aliphatic carbocycles. The number of carbonyl (C=O) groups excluding carboxylic acids is 1. The predicted molar refractivity (Wildman–Crippen MR) is 103 cm³/mol. The minimum atomic E-state index is -3.51. The molecule has 0 fully saturated rings. The van der Waals surface area contributed by atoms with E-state index in [1.54, 1.807) is 0 Å². The highest BCUT2D eigenvalue weighted by Crippen LogP contribution is 2.31. The van der Waals surface area contributed by atoms with Gasteiger partial charge in [0.15, 0.2) is 5.13 Å². The van der Waals surface area contributed by atoms with Crippen LogP contribution >= 0.6 is 27.3 Å². The van der Waals surface area contributed by atoms with Crippen LogP contribution in [0.2, 0.25) is 0 Å². The van der Waals surface area contributed by atoms with E-state index in [2.05, 4.69) is 26.2 Å². The van der Waals surface area contributed by atoms with E-state index in [1.165, 1.54) is 49.7 Å². The molecule has 1 heterocycles. The number of fused-ring (bicyclic) bond motifs is 1. The van der Waals surface area contributed by atoms with Crippen molar-refractivity contribution < 1.29 is 13.2 Å². The van der Waals surface area contributed by atoms with Gasteiger partial charge < -0.3 is 0 Å². The van der Waals surface area contributed by atoms with Gasteiger partial charge in [0.25, 0.3) is 5.91 Å². The molecule has 0 atom stereocenters. The van der Waals surface area contributed by atoms with E-state index in [1.807, 2.05) is 18.2 Å². The van der Waals surface area contributed by atoms with E-state index in [-0.39, 0.29) is 10.8 Å². The van der Waals surface area contributed by atoms with E-state index >= 15 is 0 Å². The van der Waals surface area contributed by atoms with E-state index in [4.69, 9.17) is 0 Å². The second kappa shape index (κ2) is 6.83. The van der Waals surface area contributed by atoms with Crippen molar-refractivity contribution in [2.45, 2.75) is 4.90 Å². The third kappa shape index (κ3) is 3.59. The van der Waals surface area contributed by atoms with Crippen molar-refractivity contribution in [3.8, 4) is 0 Å². The molecule has 3 aromatic rings. The molecule has 0 unspecified atom stereocenters. The zero-order valence-corrected chi connectivity index (χ0v) is 16.6. The number of halogens is 1. The van der Waals surface area contributed by atoms with Gasteiger partial charge >= 0.3 is 0 Å². The molecule has 0 aliphatic heterocycles. The fraction of sp³-hybridized carbons (Fsp3) is 0.125. The number of thiazole rings is 1. The maximum atomic E-state index is 12.4. The van der Waals surface area contributed by atoms with E-state index in [0.29, 0.717) is 10.7 Å². The van der Waals surface area contributed by atoms with Gasteiger partial charge in [0.1, 0.15) is 0 Å². The second-order valence-corrected chi connectivity index (χ2v) is 9.41. The van der Waals surface area contributed by atoms with Gasteiger partial charge in [0.2, 0.25) is 10.0 Å². The average Bonchev–Trinajstić information content (AvgIpc) is 2.98. The Labute approximate surface area is 157 Å². The van der Waals surface area contributed by atoms with Crippen molar-refractivity contribution in [3.63, 3.8) is 0 Å². The lowest BCUT2D eigenvalue weighted by molar-refractivity contribution is 0.102. The topological polar surface area (TPSA) is 79.4 Å². The fourth-order valence-corrected chi connectivity index (χ4v) is 4.50. The largest absolute Gasteiger partial charge is 0.298 e. The number of nitrogens with zero attached hydrogens (tertiary/aromatic N) is 2. The normalized spacial score (nSPS) is 11.8. The highest BCUT2D eigenvalue weighted by atomic mass is 79.9. The lowest BCUT2D eigenvalue weighted by Crippen LogP contribution is -2.22. The van der Waals surface area contributed by atoms with Crippen LogP contribution in [0.1, 0.15) is 10.4 Å². The lowest BCUT2D eigenvalue weighted by atomic mass is 10.2. The van der Waals surface area contributed by atoms with Gasteiger partial charge in [-0.25, -0.2) is 17.7 Å². The van der Waals surface area contributed by atoms with Gasteiger partial charge in [0, 0.05) is 24.1 Å². The Morgan fingerprint density at radius 3 is 2.44 bits per heavy atom. The van der Waals surface area contributed by atoms with Gasteiger partial charge in [-0.05, 0) is 52.3 Å². The number of nitrogens with one attached hydrogen (secondary N) is 1. The van der Waals surface area contributed by atoms with Crippen molar-refractivity contribution >= 4 is 58.5 Å². The number of hydrogen-bond acceptors (Lipinski definition) is 5. The predicted octanol–water partition coefficient (Wildman–Crippen LogP) is 3.56. The molecule has 0 spiro atoms. The molecule has 3 rings (SSSR count). The molecule has 2 aromatic carbocycles. The molecular weight excluding hydrogens is 426 g/mol. The first-order chi connectivity index (χ1) is 11.8. The van der Waals surface area contributed by atoms with Crippen LogP contribution < -0.4 is 5.32 Å². The molecule has 0 aliphatic rings. The van der Waals surface area contributed by atoms with Crippen molar-refractivity contribution in [3.05, 3.63) is 52.5 Å². The summed E-state index contributed by atoms with van der Waals surface area (Å²) in [7, 11) is -0.595. The summed E-state index contributed by atoms with van der Waals surface area (Å²) in [6.45, 7) is 0. The highest BCUT2D eigenvalue weighted by molar-refractivity contribution is 9.10. The summed E-state index contributed by atoms with van der Waals surface area (Å²) in [6, 6.07) is 11.5.